The van der Waals surface area contributed by atoms with E-state index in [1.807, 2.05) is 0 Å². The number of rotatable bonds is 7. The number of hydrazine groups is 1. The van der Waals surface area contributed by atoms with E-state index < -0.39 is 21.8 Å². The highest BCUT2D eigenvalue weighted by Crippen LogP contribution is 2.11. The number of aromatic nitrogens is 1. The lowest BCUT2D eigenvalue weighted by Crippen LogP contribution is -2.41. The van der Waals surface area contributed by atoms with Gasteiger partial charge >= 0.3 is 0 Å². The Balaban J connectivity index is 2.02. The standard InChI is InChI=1S/C16H18N4O5S/c1-25-9-8-18-26(23,24)14-6-2-4-12(10-14)15(21)19-20-16(22)13-5-3-7-17-11-13/h2-7,10-11,18H,8-9H2,1H3,(H,19,21)(H,20,22). The van der Waals surface area contributed by atoms with E-state index in [2.05, 4.69) is 20.6 Å². The van der Waals surface area contributed by atoms with Crippen LogP contribution >= 0.6 is 0 Å². The number of nitrogens with one attached hydrogen (secondary N) is 3. The first-order valence-electron chi connectivity index (χ1n) is 7.53. The topological polar surface area (TPSA) is 126 Å². The molecule has 0 saturated heterocycles. The lowest BCUT2D eigenvalue weighted by molar-refractivity contribution is 0.0846. The molecular formula is C16H18N4O5S. The predicted molar refractivity (Wildman–Crippen MR) is 92.7 cm³/mol. The number of sulfonamides is 1. The molecule has 0 aliphatic carbocycles. The van der Waals surface area contributed by atoms with Gasteiger partial charge < -0.3 is 4.74 Å². The molecule has 2 rings (SSSR count). The second-order valence-electron chi connectivity index (χ2n) is 5.07. The average molecular weight is 378 g/mol. The van der Waals surface area contributed by atoms with Crippen LogP contribution in [0.2, 0.25) is 0 Å². The van der Waals surface area contributed by atoms with Gasteiger partial charge in [0, 0.05) is 31.6 Å². The largest absolute Gasteiger partial charge is 0.383 e. The maximum atomic E-state index is 12.2. The molecule has 0 aliphatic rings. The third-order valence-corrected chi connectivity index (χ3v) is 4.68. The molecular weight excluding hydrogens is 360 g/mol. The summed E-state index contributed by atoms with van der Waals surface area (Å²) < 4.78 is 31.5. The van der Waals surface area contributed by atoms with Crippen LogP contribution in [0.25, 0.3) is 0 Å². The number of hydrogen-bond acceptors (Lipinski definition) is 6. The Morgan fingerprint density at radius 3 is 2.42 bits per heavy atom. The molecule has 1 aromatic heterocycles. The minimum atomic E-state index is -3.77. The minimum absolute atomic E-state index is 0.0696. The van der Waals surface area contributed by atoms with Gasteiger partial charge in [0.05, 0.1) is 17.1 Å². The SMILES string of the molecule is COCCNS(=O)(=O)c1cccc(C(=O)NNC(=O)c2cccnc2)c1. The van der Waals surface area contributed by atoms with Gasteiger partial charge in [-0.1, -0.05) is 6.07 Å². The molecule has 0 bridgehead atoms. The maximum Gasteiger partial charge on any atom is 0.271 e. The van der Waals surface area contributed by atoms with Crippen LogP contribution < -0.4 is 15.6 Å². The fraction of sp³-hybridized carbons (Fsp3) is 0.188. The van der Waals surface area contributed by atoms with Crippen LogP contribution in [0.15, 0.2) is 53.7 Å². The quantitative estimate of drug-likeness (QED) is 0.463. The Morgan fingerprint density at radius 1 is 1.08 bits per heavy atom. The second kappa shape index (κ2) is 9.04. The van der Waals surface area contributed by atoms with Crippen molar-refractivity contribution in [2.24, 2.45) is 0 Å². The van der Waals surface area contributed by atoms with Crippen LogP contribution in [-0.2, 0) is 14.8 Å². The van der Waals surface area contributed by atoms with Crippen molar-refractivity contribution in [2.75, 3.05) is 20.3 Å². The highest BCUT2D eigenvalue weighted by molar-refractivity contribution is 7.89. The molecule has 0 unspecified atom stereocenters. The summed E-state index contributed by atoms with van der Waals surface area (Å²) in [4.78, 5) is 27.7. The zero-order valence-corrected chi connectivity index (χ0v) is 14.7. The van der Waals surface area contributed by atoms with Crippen molar-refractivity contribution in [3.05, 3.63) is 59.9 Å². The number of carbonyl (C=O) groups is 2. The fourth-order valence-corrected chi connectivity index (χ4v) is 2.98. The van der Waals surface area contributed by atoms with Gasteiger partial charge in [0.25, 0.3) is 11.8 Å². The van der Waals surface area contributed by atoms with Gasteiger partial charge in [0.1, 0.15) is 0 Å². The number of amides is 2. The van der Waals surface area contributed by atoms with Crippen molar-refractivity contribution in [1.82, 2.24) is 20.6 Å². The van der Waals surface area contributed by atoms with Gasteiger partial charge in [-0.05, 0) is 30.3 Å². The van der Waals surface area contributed by atoms with Crippen molar-refractivity contribution < 1.29 is 22.7 Å². The number of ether oxygens (including phenoxy) is 1. The van der Waals surface area contributed by atoms with Gasteiger partial charge in [-0.15, -0.1) is 0 Å². The van der Waals surface area contributed by atoms with Crippen molar-refractivity contribution in [3.8, 4) is 0 Å². The van der Waals surface area contributed by atoms with Gasteiger partial charge in [-0.2, -0.15) is 0 Å². The fourth-order valence-electron chi connectivity index (χ4n) is 1.92. The predicted octanol–water partition coefficient (Wildman–Crippen LogP) is 0.0811. The summed E-state index contributed by atoms with van der Waals surface area (Å²) in [5, 5.41) is 0. The van der Waals surface area contributed by atoms with E-state index in [0.29, 0.717) is 0 Å². The van der Waals surface area contributed by atoms with E-state index in [-0.39, 0.29) is 29.2 Å². The van der Waals surface area contributed by atoms with E-state index in [9.17, 15) is 18.0 Å². The Kier molecular flexibility index (Phi) is 6.78. The summed E-state index contributed by atoms with van der Waals surface area (Å²) in [7, 11) is -2.31. The summed E-state index contributed by atoms with van der Waals surface area (Å²) in [5.41, 5.74) is 4.81. The highest BCUT2D eigenvalue weighted by atomic mass is 32.2. The first-order chi connectivity index (χ1) is 12.4. The van der Waals surface area contributed by atoms with Crippen molar-refractivity contribution in [2.45, 2.75) is 4.90 Å². The molecule has 3 N–H and O–H groups in total. The number of pyridine rings is 1. The molecule has 10 heteroatoms. The van der Waals surface area contributed by atoms with Crippen LogP contribution in [0.5, 0.6) is 0 Å². The summed E-state index contributed by atoms with van der Waals surface area (Å²) in [6.07, 6.45) is 2.86. The minimum Gasteiger partial charge on any atom is -0.383 e. The van der Waals surface area contributed by atoms with Crippen LogP contribution in [-0.4, -0.2) is 45.5 Å². The van der Waals surface area contributed by atoms with Gasteiger partial charge in [-0.25, -0.2) is 13.1 Å². The average Bonchev–Trinajstić information content (AvgIpc) is 2.66. The second-order valence-corrected chi connectivity index (χ2v) is 6.84. The van der Waals surface area contributed by atoms with E-state index in [1.54, 1.807) is 6.07 Å². The molecule has 2 aromatic rings. The van der Waals surface area contributed by atoms with Gasteiger partial charge in [-0.3, -0.25) is 25.4 Å². The van der Waals surface area contributed by atoms with Crippen LogP contribution in [0.3, 0.4) is 0 Å². The maximum absolute atomic E-state index is 12.2. The molecule has 1 aromatic carbocycles. The molecule has 0 saturated carbocycles. The summed E-state index contributed by atoms with van der Waals surface area (Å²) in [6, 6.07) is 8.55. The Labute approximate surface area is 150 Å². The molecule has 26 heavy (non-hydrogen) atoms. The summed E-state index contributed by atoms with van der Waals surface area (Å²) >= 11 is 0. The number of hydrogen-bond donors (Lipinski definition) is 3. The molecule has 0 fully saturated rings. The molecule has 0 aliphatic heterocycles. The Bertz CT molecular complexity index is 871. The molecule has 0 radical (unpaired) electrons. The number of benzene rings is 1. The van der Waals surface area contributed by atoms with E-state index in [1.165, 1.54) is 49.8 Å². The third-order valence-electron chi connectivity index (χ3n) is 3.22. The molecule has 0 atom stereocenters. The third kappa shape index (κ3) is 5.34. The molecule has 138 valence electrons. The lowest BCUT2D eigenvalue weighted by Gasteiger charge is -2.09. The normalized spacial score (nSPS) is 11.0. The zero-order chi connectivity index (χ0) is 19.0. The first-order valence-corrected chi connectivity index (χ1v) is 9.02. The Hall–Kier alpha value is -2.82. The van der Waals surface area contributed by atoms with E-state index in [0.717, 1.165) is 0 Å². The van der Waals surface area contributed by atoms with Crippen molar-refractivity contribution >= 4 is 21.8 Å². The van der Waals surface area contributed by atoms with Crippen LogP contribution in [0.4, 0.5) is 0 Å². The van der Waals surface area contributed by atoms with Gasteiger partial charge in [0.15, 0.2) is 0 Å². The molecule has 0 spiro atoms. The van der Waals surface area contributed by atoms with E-state index in [4.69, 9.17) is 4.74 Å². The summed E-state index contributed by atoms with van der Waals surface area (Å²) in [6.45, 7) is 0.330. The number of carbonyl (C=O) groups excluding carboxylic acids is 2. The van der Waals surface area contributed by atoms with Crippen molar-refractivity contribution in [1.29, 1.82) is 0 Å². The van der Waals surface area contributed by atoms with Crippen molar-refractivity contribution in [3.63, 3.8) is 0 Å². The zero-order valence-electron chi connectivity index (χ0n) is 13.9. The monoisotopic (exact) mass is 378 g/mol. The molecule has 9 nitrogen and oxygen atoms in total. The van der Waals surface area contributed by atoms with Crippen LogP contribution in [0, 0.1) is 0 Å². The number of methoxy groups -OCH3 is 1. The Morgan fingerprint density at radius 2 is 1.77 bits per heavy atom. The van der Waals surface area contributed by atoms with E-state index >= 15 is 0 Å². The highest BCUT2D eigenvalue weighted by Gasteiger charge is 2.16. The summed E-state index contributed by atoms with van der Waals surface area (Å²) in [5.74, 6) is -1.20. The molecule has 1 heterocycles. The van der Waals surface area contributed by atoms with Crippen LogP contribution in [0.1, 0.15) is 20.7 Å². The lowest BCUT2D eigenvalue weighted by atomic mass is 10.2. The smallest absolute Gasteiger partial charge is 0.271 e. The number of nitrogens with zero attached hydrogens (tertiary/aromatic N) is 1. The van der Waals surface area contributed by atoms with Gasteiger partial charge in [0.2, 0.25) is 10.0 Å². The molecule has 2 amide bonds. The first kappa shape index (κ1) is 19.5.